The van der Waals surface area contributed by atoms with Crippen LogP contribution in [0.5, 0.6) is 0 Å². The van der Waals surface area contributed by atoms with Gasteiger partial charge in [-0.15, -0.1) is 0 Å². The summed E-state index contributed by atoms with van der Waals surface area (Å²) < 4.78 is 19.1. The van der Waals surface area contributed by atoms with Gasteiger partial charge in [-0.05, 0) is 12.1 Å². The molecule has 19 heavy (non-hydrogen) atoms. The number of hydrogen-bond donors (Lipinski definition) is 1. The number of benzene rings is 1. The molecule has 1 atom stereocenters. The first kappa shape index (κ1) is 12.5. The van der Waals surface area contributed by atoms with Crippen molar-refractivity contribution in [2.24, 2.45) is 5.73 Å². The van der Waals surface area contributed by atoms with Crippen molar-refractivity contribution in [2.45, 2.75) is 5.50 Å². The summed E-state index contributed by atoms with van der Waals surface area (Å²) in [7, 11) is 0. The van der Waals surface area contributed by atoms with E-state index in [0.29, 0.717) is 16.5 Å². The molecule has 0 bridgehead atoms. The molecule has 1 aliphatic rings. The van der Waals surface area contributed by atoms with Crippen LogP contribution in [0.15, 0.2) is 40.4 Å². The molecule has 1 unspecified atom stereocenters. The zero-order valence-electron chi connectivity index (χ0n) is 9.59. The van der Waals surface area contributed by atoms with Crippen LogP contribution < -0.4 is 10.6 Å². The zero-order valence-corrected chi connectivity index (χ0v) is 11.2. The maximum atomic E-state index is 14.0. The van der Waals surface area contributed by atoms with Crippen LogP contribution in [-0.2, 0) is 0 Å². The highest BCUT2D eigenvalue weighted by molar-refractivity contribution is 8.03. The fourth-order valence-electron chi connectivity index (χ4n) is 1.88. The Kier molecular flexibility index (Phi) is 3.22. The Hall–Kier alpha value is -1.50. The van der Waals surface area contributed by atoms with Crippen molar-refractivity contribution in [2.75, 3.05) is 4.90 Å². The Bertz CT molecular complexity index is 612. The topological polar surface area (TPSA) is 55.3 Å². The number of para-hydroxylation sites is 1. The van der Waals surface area contributed by atoms with Gasteiger partial charge in [-0.25, -0.2) is 4.39 Å². The van der Waals surface area contributed by atoms with Gasteiger partial charge in [0.1, 0.15) is 11.3 Å². The Labute approximate surface area is 118 Å². The van der Waals surface area contributed by atoms with Gasteiger partial charge in [0.2, 0.25) is 0 Å². The monoisotopic (exact) mass is 297 g/mol. The molecule has 3 rings (SSSR count). The average Bonchev–Trinajstić information content (AvgIpc) is 2.99. The largest absolute Gasteiger partial charge is 0.355 e. The average molecular weight is 298 g/mol. The molecule has 0 aliphatic carbocycles. The van der Waals surface area contributed by atoms with Crippen molar-refractivity contribution in [3.05, 3.63) is 52.5 Å². The van der Waals surface area contributed by atoms with Crippen LogP contribution >= 0.6 is 23.4 Å². The Morgan fingerprint density at radius 2 is 2.26 bits per heavy atom. The summed E-state index contributed by atoms with van der Waals surface area (Å²) in [6.45, 7) is 0. The van der Waals surface area contributed by atoms with E-state index in [2.05, 4.69) is 5.16 Å². The van der Waals surface area contributed by atoms with E-state index in [1.54, 1.807) is 28.5 Å². The number of anilines is 1. The van der Waals surface area contributed by atoms with Gasteiger partial charge in [0.05, 0.1) is 22.6 Å². The Balaban J connectivity index is 2.10. The number of nitrogens with two attached hydrogens (primary N) is 1. The van der Waals surface area contributed by atoms with Gasteiger partial charge in [-0.3, -0.25) is 0 Å². The van der Waals surface area contributed by atoms with Crippen LogP contribution in [0.4, 0.5) is 10.1 Å². The zero-order chi connectivity index (χ0) is 13.4. The highest BCUT2D eigenvalue weighted by Gasteiger charge is 2.31. The van der Waals surface area contributed by atoms with Gasteiger partial charge in [0.25, 0.3) is 0 Å². The quantitative estimate of drug-likeness (QED) is 0.922. The highest BCUT2D eigenvalue weighted by Crippen LogP contribution is 2.42. The predicted molar refractivity (Wildman–Crippen MR) is 73.9 cm³/mol. The van der Waals surface area contributed by atoms with Gasteiger partial charge >= 0.3 is 0 Å². The molecule has 0 fully saturated rings. The summed E-state index contributed by atoms with van der Waals surface area (Å²) in [5.41, 5.74) is 6.41. The van der Waals surface area contributed by atoms with Crippen molar-refractivity contribution in [1.82, 2.24) is 5.16 Å². The number of nitrogens with zero attached hydrogens (tertiary/aromatic N) is 2. The normalized spacial score (nSPS) is 18.8. The molecule has 0 saturated heterocycles. The molecule has 98 valence electrons. The van der Waals surface area contributed by atoms with E-state index < -0.39 is 11.3 Å². The van der Waals surface area contributed by atoms with Gasteiger partial charge < -0.3 is 15.2 Å². The SMILES string of the molecule is NC1SC=C(c2ccno2)N1c1c(F)cccc1Cl. The van der Waals surface area contributed by atoms with E-state index in [4.69, 9.17) is 21.9 Å². The molecular formula is C12H9ClFN3OS. The van der Waals surface area contributed by atoms with E-state index in [0.717, 1.165) is 0 Å². The first-order valence-corrected chi connectivity index (χ1v) is 6.76. The molecule has 1 aromatic heterocycles. The van der Waals surface area contributed by atoms with Gasteiger partial charge in [-0.1, -0.05) is 34.6 Å². The fourth-order valence-corrected chi connectivity index (χ4v) is 2.97. The van der Waals surface area contributed by atoms with E-state index in [-0.39, 0.29) is 5.69 Å². The lowest BCUT2D eigenvalue weighted by Crippen LogP contribution is -2.35. The second-order valence-electron chi connectivity index (χ2n) is 3.85. The summed E-state index contributed by atoms with van der Waals surface area (Å²) in [5.74, 6) is 0.0793. The molecule has 1 aromatic carbocycles. The molecule has 0 spiro atoms. The number of aromatic nitrogens is 1. The second kappa shape index (κ2) is 4.88. The van der Waals surface area contributed by atoms with Crippen LogP contribution in [0.3, 0.4) is 0 Å². The van der Waals surface area contributed by atoms with Crippen molar-refractivity contribution in [3.63, 3.8) is 0 Å². The van der Waals surface area contributed by atoms with Crippen LogP contribution in [0.25, 0.3) is 5.70 Å². The second-order valence-corrected chi connectivity index (χ2v) is 5.24. The minimum Gasteiger partial charge on any atom is -0.355 e. The van der Waals surface area contributed by atoms with Crippen molar-refractivity contribution in [1.29, 1.82) is 0 Å². The summed E-state index contributed by atoms with van der Waals surface area (Å²) in [6.07, 6.45) is 1.52. The van der Waals surface area contributed by atoms with Crippen molar-refractivity contribution in [3.8, 4) is 0 Å². The molecule has 0 saturated carbocycles. The minimum absolute atomic E-state index is 0.240. The smallest absolute Gasteiger partial charge is 0.183 e. The summed E-state index contributed by atoms with van der Waals surface area (Å²) >= 11 is 7.43. The molecule has 4 nitrogen and oxygen atoms in total. The minimum atomic E-state index is -0.463. The van der Waals surface area contributed by atoms with Gasteiger partial charge in [0, 0.05) is 11.5 Å². The fraction of sp³-hybridized carbons (Fsp3) is 0.0833. The highest BCUT2D eigenvalue weighted by atomic mass is 35.5. The predicted octanol–water partition coefficient (Wildman–Crippen LogP) is 3.26. The Morgan fingerprint density at radius 1 is 1.42 bits per heavy atom. The summed E-state index contributed by atoms with van der Waals surface area (Å²) in [6, 6.07) is 6.20. The third kappa shape index (κ3) is 2.11. The Morgan fingerprint density at radius 3 is 2.95 bits per heavy atom. The van der Waals surface area contributed by atoms with Crippen LogP contribution in [0.2, 0.25) is 5.02 Å². The molecule has 7 heteroatoms. The van der Waals surface area contributed by atoms with E-state index in [1.807, 2.05) is 0 Å². The first-order chi connectivity index (χ1) is 9.18. The molecule has 0 radical (unpaired) electrons. The van der Waals surface area contributed by atoms with E-state index in [1.165, 1.54) is 24.0 Å². The molecule has 2 N–H and O–H groups in total. The maximum Gasteiger partial charge on any atom is 0.183 e. The number of thioether (sulfide) groups is 1. The van der Waals surface area contributed by atoms with Gasteiger partial charge in [-0.2, -0.15) is 0 Å². The number of halogens is 2. The third-order valence-electron chi connectivity index (χ3n) is 2.70. The van der Waals surface area contributed by atoms with E-state index >= 15 is 0 Å². The van der Waals surface area contributed by atoms with Crippen molar-refractivity contribution < 1.29 is 8.91 Å². The van der Waals surface area contributed by atoms with Gasteiger partial charge in [0.15, 0.2) is 5.76 Å². The molecule has 2 heterocycles. The van der Waals surface area contributed by atoms with Crippen LogP contribution in [-0.4, -0.2) is 10.7 Å². The molecule has 0 amide bonds. The molecule has 2 aromatic rings. The number of rotatable bonds is 2. The standard InChI is InChI=1S/C12H9ClFN3OS/c13-7-2-1-3-8(14)11(7)17-9(6-19-12(17)15)10-4-5-16-18-10/h1-6,12H,15H2. The van der Waals surface area contributed by atoms with Crippen LogP contribution in [0.1, 0.15) is 5.76 Å². The van der Waals surface area contributed by atoms with E-state index in [9.17, 15) is 4.39 Å². The summed E-state index contributed by atoms with van der Waals surface area (Å²) in [4.78, 5) is 1.60. The summed E-state index contributed by atoms with van der Waals surface area (Å²) in [5, 5.41) is 5.74. The maximum absolute atomic E-state index is 14.0. The first-order valence-electron chi connectivity index (χ1n) is 5.44. The third-order valence-corrected chi connectivity index (χ3v) is 3.86. The lowest BCUT2D eigenvalue weighted by molar-refractivity contribution is 0.409. The lowest BCUT2D eigenvalue weighted by Gasteiger charge is -2.26. The van der Waals surface area contributed by atoms with Crippen LogP contribution in [0, 0.1) is 5.82 Å². The lowest BCUT2D eigenvalue weighted by atomic mass is 10.2. The molecule has 1 aliphatic heterocycles. The van der Waals surface area contributed by atoms with Crippen molar-refractivity contribution >= 4 is 34.7 Å². The molecular weight excluding hydrogens is 289 g/mol. The number of hydrogen-bond acceptors (Lipinski definition) is 5.